The molecule has 2 N–H and O–H groups in total. The molecule has 0 aliphatic carbocycles. The number of benzene rings is 3. The maximum atomic E-state index is 12.2. The highest BCUT2D eigenvalue weighted by atomic mass is 16.6. The van der Waals surface area contributed by atoms with Crippen LogP contribution in [0.1, 0.15) is 29.3 Å². The van der Waals surface area contributed by atoms with E-state index in [2.05, 4.69) is 9.97 Å². The zero-order valence-corrected chi connectivity index (χ0v) is 22.8. The third-order valence-corrected chi connectivity index (χ3v) is 7.67. The Morgan fingerprint density at radius 2 is 1.54 bits per heavy atom. The van der Waals surface area contributed by atoms with Gasteiger partial charge in [-0.1, -0.05) is 54.6 Å². The Kier molecular flexibility index (Phi) is 7.32. The lowest BCUT2D eigenvalue weighted by Gasteiger charge is -2.37. The quantitative estimate of drug-likeness (QED) is 0.261. The SMILES string of the molecule is COc1ccc(C(OC[C@H]2O[C@@H](n3ccc4c(=O)[nH]cnc43)C[C@@H]2O)(c2ccccc2)c2ccc(OC)cc2)cc1. The van der Waals surface area contributed by atoms with E-state index >= 15 is 0 Å². The molecule has 3 heterocycles. The van der Waals surface area contributed by atoms with E-state index in [1.165, 1.54) is 6.33 Å². The summed E-state index contributed by atoms with van der Waals surface area (Å²) in [6.07, 6.45) is 1.54. The molecule has 9 heteroatoms. The minimum atomic E-state index is -1.03. The first kappa shape index (κ1) is 26.8. The van der Waals surface area contributed by atoms with Crippen molar-refractivity contribution in [3.05, 3.63) is 124 Å². The van der Waals surface area contributed by atoms with Crippen LogP contribution >= 0.6 is 0 Å². The van der Waals surface area contributed by atoms with Gasteiger partial charge in [-0.25, -0.2) is 4.98 Å². The second-order valence-electron chi connectivity index (χ2n) is 9.94. The Morgan fingerprint density at radius 3 is 2.15 bits per heavy atom. The maximum Gasteiger partial charge on any atom is 0.260 e. The van der Waals surface area contributed by atoms with Gasteiger partial charge in [-0.15, -0.1) is 0 Å². The van der Waals surface area contributed by atoms with E-state index in [0.717, 1.165) is 28.2 Å². The number of aromatic amines is 1. The molecule has 5 aromatic rings. The van der Waals surface area contributed by atoms with Gasteiger partial charge in [0.15, 0.2) is 0 Å². The molecule has 1 saturated heterocycles. The van der Waals surface area contributed by atoms with Crippen molar-refractivity contribution in [1.82, 2.24) is 14.5 Å². The highest BCUT2D eigenvalue weighted by Crippen LogP contribution is 2.43. The lowest BCUT2D eigenvalue weighted by molar-refractivity contribution is -0.0930. The van der Waals surface area contributed by atoms with E-state index in [9.17, 15) is 9.90 Å². The molecule has 0 unspecified atom stereocenters. The van der Waals surface area contributed by atoms with Gasteiger partial charge in [-0.3, -0.25) is 4.79 Å². The van der Waals surface area contributed by atoms with Crippen molar-refractivity contribution in [3.8, 4) is 11.5 Å². The number of rotatable bonds is 9. The number of aliphatic hydroxyl groups excluding tert-OH is 1. The monoisotopic (exact) mass is 553 g/mol. The van der Waals surface area contributed by atoms with Gasteiger partial charge in [0.1, 0.15) is 35.1 Å². The molecule has 3 aromatic carbocycles. The Bertz CT molecular complexity index is 1620. The second kappa shape index (κ2) is 11.2. The average molecular weight is 554 g/mol. The predicted molar refractivity (Wildman–Crippen MR) is 153 cm³/mol. The number of hydrogen-bond acceptors (Lipinski definition) is 7. The molecular formula is C32H31N3O6. The van der Waals surface area contributed by atoms with Crippen LogP contribution in [0.4, 0.5) is 0 Å². The normalized spacial score (nSPS) is 19.0. The maximum absolute atomic E-state index is 12.2. The van der Waals surface area contributed by atoms with Gasteiger partial charge < -0.3 is 33.6 Å². The van der Waals surface area contributed by atoms with Crippen LogP contribution in [0, 0.1) is 0 Å². The van der Waals surface area contributed by atoms with Crippen LogP contribution in [0.15, 0.2) is 102 Å². The molecule has 3 atom stereocenters. The van der Waals surface area contributed by atoms with Crippen LogP contribution in [-0.2, 0) is 15.1 Å². The topological polar surface area (TPSA) is 108 Å². The van der Waals surface area contributed by atoms with E-state index in [4.69, 9.17) is 18.9 Å². The van der Waals surface area contributed by atoms with E-state index in [0.29, 0.717) is 17.5 Å². The van der Waals surface area contributed by atoms with Crippen LogP contribution in [0.5, 0.6) is 11.5 Å². The van der Waals surface area contributed by atoms with Crippen molar-refractivity contribution < 1.29 is 24.1 Å². The van der Waals surface area contributed by atoms with Crippen LogP contribution in [0.2, 0.25) is 0 Å². The number of aromatic nitrogens is 3. The molecule has 1 fully saturated rings. The van der Waals surface area contributed by atoms with Gasteiger partial charge in [0.25, 0.3) is 5.56 Å². The van der Waals surface area contributed by atoms with Gasteiger partial charge in [0.2, 0.25) is 0 Å². The van der Waals surface area contributed by atoms with Crippen molar-refractivity contribution in [2.75, 3.05) is 20.8 Å². The Hall–Kier alpha value is -4.44. The predicted octanol–water partition coefficient (Wildman–Crippen LogP) is 4.40. The number of H-pyrrole nitrogens is 1. The number of methoxy groups -OCH3 is 2. The molecule has 1 aliphatic heterocycles. The molecular weight excluding hydrogens is 522 g/mol. The van der Waals surface area contributed by atoms with Crippen molar-refractivity contribution >= 4 is 11.0 Å². The van der Waals surface area contributed by atoms with Crippen LogP contribution in [0.25, 0.3) is 11.0 Å². The largest absolute Gasteiger partial charge is 0.497 e. The van der Waals surface area contributed by atoms with Crippen molar-refractivity contribution in [3.63, 3.8) is 0 Å². The minimum absolute atomic E-state index is 0.0951. The van der Waals surface area contributed by atoms with Crippen LogP contribution in [0.3, 0.4) is 0 Å². The third-order valence-electron chi connectivity index (χ3n) is 7.67. The summed E-state index contributed by atoms with van der Waals surface area (Å²) in [7, 11) is 3.27. The van der Waals surface area contributed by atoms with Crippen LogP contribution in [-0.4, -0.2) is 52.7 Å². The Labute approximate surface area is 236 Å². The number of fused-ring (bicyclic) bond motifs is 1. The van der Waals surface area contributed by atoms with E-state index in [-0.39, 0.29) is 12.2 Å². The fraction of sp³-hybridized carbons (Fsp3) is 0.250. The summed E-state index contributed by atoms with van der Waals surface area (Å²) >= 11 is 0. The lowest BCUT2D eigenvalue weighted by Crippen LogP contribution is -2.38. The molecule has 0 bridgehead atoms. The van der Waals surface area contributed by atoms with Gasteiger partial charge in [0, 0.05) is 12.6 Å². The summed E-state index contributed by atoms with van der Waals surface area (Å²) in [5.74, 6) is 1.46. The molecule has 0 spiro atoms. The number of nitrogens with zero attached hydrogens (tertiary/aromatic N) is 2. The van der Waals surface area contributed by atoms with Crippen molar-refractivity contribution in [2.24, 2.45) is 0 Å². The van der Waals surface area contributed by atoms with Gasteiger partial charge >= 0.3 is 0 Å². The highest BCUT2D eigenvalue weighted by Gasteiger charge is 2.42. The standard InChI is InChI=1S/C32H31N3O6/c1-38-24-12-8-22(9-13-24)32(21-6-4-3-5-7-21,23-10-14-25(39-2)15-11-23)40-19-28-27(36)18-29(41-28)35-17-16-26-30(35)33-20-34-31(26)37/h3-17,20,27-29,36H,18-19H2,1-2H3,(H,33,34,37)/t27-,28+,29+/m0/s1. The Morgan fingerprint density at radius 1 is 0.927 bits per heavy atom. The summed E-state index contributed by atoms with van der Waals surface area (Å²) in [5, 5.41) is 11.6. The van der Waals surface area contributed by atoms with E-state index < -0.39 is 24.0 Å². The summed E-state index contributed by atoms with van der Waals surface area (Å²) in [5.41, 5.74) is 1.94. The second-order valence-corrected chi connectivity index (χ2v) is 9.94. The van der Waals surface area contributed by atoms with E-state index in [1.54, 1.807) is 31.0 Å². The number of aliphatic hydroxyl groups is 1. The molecule has 210 valence electrons. The third kappa shape index (κ3) is 4.88. The first-order chi connectivity index (χ1) is 20.0. The summed E-state index contributed by atoms with van der Waals surface area (Å²) in [6, 6.07) is 27.2. The van der Waals surface area contributed by atoms with Gasteiger partial charge in [-0.05, 0) is 47.0 Å². The zero-order valence-electron chi connectivity index (χ0n) is 22.8. The number of hydrogen-bond donors (Lipinski definition) is 2. The lowest BCUT2D eigenvalue weighted by atomic mass is 9.80. The minimum Gasteiger partial charge on any atom is -0.497 e. The summed E-state index contributed by atoms with van der Waals surface area (Å²) < 4.78 is 25.9. The number of nitrogens with one attached hydrogen (secondary N) is 1. The molecule has 1 aliphatic rings. The average Bonchev–Trinajstić information content (AvgIpc) is 3.62. The molecule has 9 nitrogen and oxygen atoms in total. The molecule has 0 radical (unpaired) electrons. The smallest absolute Gasteiger partial charge is 0.260 e. The fourth-order valence-corrected chi connectivity index (χ4v) is 5.53. The molecule has 6 rings (SSSR count). The number of ether oxygens (including phenoxy) is 4. The first-order valence-electron chi connectivity index (χ1n) is 13.4. The first-order valence-corrected chi connectivity index (χ1v) is 13.4. The van der Waals surface area contributed by atoms with Gasteiger partial charge in [-0.2, -0.15) is 0 Å². The van der Waals surface area contributed by atoms with E-state index in [1.807, 2.05) is 78.9 Å². The fourth-order valence-electron chi connectivity index (χ4n) is 5.53. The summed E-state index contributed by atoms with van der Waals surface area (Å²) in [4.78, 5) is 19.1. The summed E-state index contributed by atoms with van der Waals surface area (Å²) in [6.45, 7) is 0.0951. The molecule has 0 amide bonds. The zero-order chi connectivity index (χ0) is 28.4. The van der Waals surface area contributed by atoms with Crippen molar-refractivity contribution in [1.29, 1.82) is 0 Å². The highest BCUT2D eigenvalue weighted by molar-refractivity contribution is 5.74. The van der Waals surface area contributed by atoms with Crippen LogP contribution < -0.4 is 15.0 Å². The Balaban J connectivity index is 1.37. The van der Waals surface area contributed by atoms with Crippen molar-refractivity contribution in [2.45, 2.75) is 30.5 Å². The molecule has 41 heavy (non-hydrogen) atoms. The van der Waals surface area contributed by atoms with Gasteiger partial charge in [0.05, 0.1) is 38.6 Å². The molecule has 0 saturated carbocycles. The molecule has 2 aromatic heterocycles.